The Kier molecular flexibility index (Phi) is 7.19. The normalized spacial score (nSPS) is 14.0. The summed E-state index contributed by atoms with van der Waals surface area (Å²) in [7, 11) is 0. The summed E-state index contributed by atoms with van der Waals surface area (Å²) in [6, 6.07) is 10.5. The number of unbranched alkanes of at least 4 members (excludes halogenated alkanes) is 1. The Hall–Kier alpha value is -1.35. The highest BCUT2D eigenvalue weighted by Gasteiger charge is 2.14. The van der Waals surface area contributed by atoms with Crippen molar-refractivity contribution in [2.24, 2.45) is 5.92 Å². The number of benzene rings is 1. The standard InChI is InChI=1S/C16H25NO2/c1-3-4-8-14(11-16(18)19)12-17-13(2)15-9-6-5-7-10-15/h5-7,9-10,13-14,17H,3-4,8,11-12H2,1-2H3,(H,18,19)/t13-,14?/m0/s1. The van der Waals surface area contributed by atoms with Gasteiger partial charge in [-0.05, 0) is 31.4 Å². The highest BCUT2D eigenvalue weighted by Crippen LogP contribution is 2.16. The van der Waals surface area contributed by atoms with E-state index in [0.717, 1.165) is 25.8 Å². The zero-order valence-electron chi connectivity index (χ0n) is 11.9. The third-order valence-corrected chi connectivity index (χ3v) is 3.44. The molecule has 2 N–H and O–H groups in total. The van der Waals surface area contributed by atoms with Crippen LogP contribution in [0.3, 0.4) is 0 Å². The van der Waals surface area contributed by atoms with E-state index in [1.807, 2.05) is 18.2 Å². The topological polar surface area (TPSA) is 49.3 Å². The molecule has 0 fully saturated rings. The molecule has 0 amide bonds. The zero-order chi connectivity index (χ0) is 14.1. The maximum atomic E-state index is 10.9. The van der Waals surface area contributed by atoms with Gasteiger partial charge in [-0.3, -0.25) is 4.79 Å². The molecule has 0 bridgehead atoms. The van der Waals surface area contributed by atoms with Crippen molar-refractivity contribution in [1.29, 1.82) is 0 Å². The average Bonchev–Trinajstić information content (AvgIpc) is 2.42. The lowest BCUT2D eigenvalue weighted by molar-refractivity contribution is -0.138. The van der Waals surface area contributed by atoms with E-state index in [1.54, 1.807) is 0 Å². The molecule has 0 aromatic heterocycles. The fourth-order valence-electron chi connectivity index (χ4n) is 2.22. The van der Waals surface area contributed by atoms with Crippen molar-refractivity contribution < 1.29 is 9.90 Å². The Morgan fingerprint density at radius 3 is 2.58 bits per heavy atom. The molecule has 106 valence electrons. The van der Waals surface area contributed by atoms with Gasteiger partial charge in [0.05, 0.1) is 0 Å². The number of hydrogen-bond acceptors (Lipinski definition) is 2. The molecular formula is C16H25NO2. The van der Waals surface area contributed by atoms with Gasteiger partial charge in [-0.2, -0.15) is 0 Å². The maximum absolute atomic E-state index is 10.9. The van der Waals surface area contributed by atoms with Crippen LogP contribution in [-0.2, 0) is 4.79 Å². The van der Waals surface area contributed by atoms with Crippen molar-refractivity contribution in [3.63, 3.8) is 0 Å². The predicted molar refractivity (Wildman–Crippen MR) is 78.1 cm³/mol. The van der Waals surface area contributed by atoms with Gasteiger partial charge >= 0.3 is 5.97 Å². The Morgan fingerprint density at radius 1 is 1.32 bits per heavy atom. The molecule has 0 aliphatic heterocycles. The quantitative estimate of drug-likeness (QED) is 0.715. The third kappa shape index (κ3) is 6.39. The van der Waals surface area contributed by atoms with Gasteiger partial charge in [-0.15, -0.1) is 0 Å². The lowest BCUT2D eigenvalue weighted by Crippen LogP contribution is -2.27. The first-order valence-electron chi connectivity index (χ1n) is 7.13. The van der Waals surface area contributed by atoms with Crippen LogP contribution in [0.1, 0.15) is 51.1 Å². The largest absolute Gasteiger partial charge is 0.481 e. The van der Waals surface area contributed by atoms with Crippen LogP contribution in [-0.4, -0.2) is 17.6 Å². The van der Waals surface area contributed by atoms with Gasteiger partial charge in [-0.25, -0.2) is 0 Å². The molecule has 0 aliphatic rings. The molecule has 0 radical (unpaired) electrons. The summed E-state index contributed by atoms with van der Waals surface area (Å²) in [4.78, 5) is 10.9. The molecule has 1 rings (SSSR count). The van der Waals surface area contributed by atoms with Crippen LogP contribution < -0.4 is 5.32 Å². The minimum Gasteiger partial charge on any atom is -0.481 e. The lowest BCUT2D eigenvalue weighted by atomic mass is 9.97. The van der Waals surface area contributed by atoms with Crippen LogP contribution in [0.15, 0.2) is 30.3 Å². The second-order valence-corrected chi connectivity index (χ2v) is 5.15. The highest BCUT2D eigenvalue weighted by atomic mass is 16.4. The number of aliphatic carboxylic acids is 1. The van der Waals surface area contributed by atoms with Gasteiger partial charge in [0.2, 0.25) is 0 Å². The second kappa shape index (κ2) is 8.70. The van der Waals surface area contributed by atoms with Crippen LogP contribution >= 0.6 is 0 Å². The molecule has 0 saturated heterocycles. The van der Waals surface area contributed by atoms with Crippen LogP contribution in [0.4, 0.5) is 0 Å². The molecule has 2 atom stereocenters. The molecule has 0 aliphatic carbocycles. The van der Waals surface area contributed by atoms with Crippen LogP contribution in [0, 0.1) is 5.92 Å². The Morgan fingerprint density at radius 2 is 2.00 bits per heavy atom. The van der Waals surface area contributed by atoms with Crippen molar-refractivity contribution in [1.82, 2.24) is 5.32 Å². The first-order chi connectivity index (χ1) is 9.13. The molecule has 3 heteroatoms. The number of carboxylic acid groups (broad SMARTS) is 1. The molecule has 0 saturated carbocycles. The van der Waals surface area contributed by atoms with E-state index in [-0.39, 0.29) is 18.4 Å². The van der Waals surface area contributed by atoms with E-state index in [0.29, 0.717) is 0 Å². The Balaban J connectivity index is 2.43. The van der Waals surface area contributed by atoms with Gasteiger partial charge in [0, 0.05) is 12.5 Å². The maximum Gasteiger partial charge on any atom is 0.303 e. The number of hydrogen-bond donors (Lipinski definition) is 2. The number of carboxylic acids is 1. The van der Waals surface area contributed by atoms with E-state index in [9.17, 15) is 4.79 Å². The number of nitrogens with one attached hydrogen (secondary N) is 1. The molecule has 1 unspecified atom stereocenters. The lowest BCUT2D eigenvalue weighted by Gasteiger charge is -2.19. The fourth-order valence-corrected chi connectivity index (χ4v) is 2.22. The molecule has 3 nitrogen and oxygen atoms in total. The van der Waals surface area contributed by atoms with Gasteiger partial charge in [0.1, 0.15) is 0 Å². The summed E-state index contributed by atoms with van der Waals surface area (Å²) in [5.41, 5.74) is 1.24. The van der Waals surface area contributed by atoms with E-state index in [1.165, 1.54) is 5.56 Å². The van der Waals surface area contributed by atoms with Crippen LogP contribution in [0.5, 0.6) is 0 Å². The molecular weight excluding hydrogens is 238 g/mol. The molecule has 1 aromatic rings. The summed E-state index contributed by atoms with van der Waals surface area (Å²) >= 11 is 0. The SMILES string of the molecule is CCCCC(CN[C@@H](C)c1ccccc1)CC(=O)O. The highest BCUT2D eigenvalue weighted by molar-refractivity contribution is 5.67. The van der Waals surface area contributed by atoms with Crippen LogP contribution in [0.2, 0.25) is 0 Å². The van der Waals surface area contributed by atoms with E-state index >= 15 is 0 Å². The minimum atomic E-state index is -0.699. The number of rotatable bonds is 9. The monoisotopic (exact) mass is 263 g/mol. The summed E-state index contributed by atoms with van der Waals surface area (Å²) in [5, 5.41) is 12.4. The van der Waals surface area contributed by atoms with Crippen LogP contribution in [0.25, 0.3) is 0 Å². The predicted octanol–water partition coefficient (Wildman–Crippen LogP) is 3.62. The Bertz CT molecular complexity index is 364. The zero-order valence-corrected chi connectivity index (χ0v) is 11.9. The summed E-state index contributed by atoms with van der Waals surface area (Å²) in [6.07, 6.45) is 3.45. The molecule has 0 spiro atoms. The summed E-state index contributed by atoms with van der Waals surface area (Å²) in [6.45, 7) is 5.02. The van der Waals surface area contributed by atoms with Crippen molar-refractivity contribution in [2.45, 2.75) is 45.6 Å². The number of carbonyl (C=O) groups is 1. The van der Waals surface area contributed by atoms with Gasteiger partial charge in [0.15, 0.2) is 0 Å². The smallest absolute Gasteiger partial charge is 0.303 e. The molecule has 0 heterocycles. The van der Waals surface area contributed by atoms with E-state index < -0.39 is 5.97 Å². The Labute approximate surface area is 116 Å². The fraction of sp³-hybridized carbons (Fsp3) is 0.562. The van der Waals surface area contributed by atoms with Gasteiger partial charge < -0.3 is 10.4 Å². The summed E-state index contributed by atoms with van der Waals surface area (Å²) < 4.78 is 0. The van der Waals surface area contributed by atoms with Crippen molar-refractivity contribution in [3.05, 3.63) is 35.9 Å². The first-order valence-corrected chi connectivity index (χ1v) is 7.13. The van der Waals surface area contributed by atoms with Crippen molar-refractivity contribution >= 4 is 5.97 Å². The average molecular weight is 263 g/mol. The minimum absolute atomic E-state index is 0.226. The molecule has 1 aromatic carbocycles. The second-order valence-electron chi connectivity index (χ2n) is 5.15. The first kappa shape index (κ1) is 15.7. The van der Waals surface area contributed by atoms with Gasteiger partial charge in [0.25, 0.3) is 0 Å². The molecule has 19 heavy (non-hydrogen) atoms. The van der Waals surface area contributed by atoms with Crippen molar-refractivity contribution in [2.75, 3.05) is 6.54 Å². The van der Waals surface area contributed by atoms with Gasteiger partial charge in [-0.1, -0.05) is 50.1 Å². The van der Waals surface area contributed by atoms with E-state index in [2.05, 4.69) is 31.3 Å². The van der Waals surface area contributed by atoms with Crippen molar-refractivity contribution in [3.8, 4) is 0 Å². The summed E-state index contributed by atoms with van der Waals surface area (Å²) in [5.74, 6) is -0.473. The third-order valence-electron chi connectivity index (χ3n) is 3.44. The van der Waals surface area contributed by atoms with E-state index in [4.69, 9.17) is 5.11 Å².